The van der Waals surface area contributed by atoms with Crippen LogP contribution in [0, 0.1) is 0 Å². The second kappa shape index (κ2) is 9.60. The van der Waals surface area contributed by atoms with Gasteiger partial charge in [0.15, 0.2) is 6.61 Å². The molecule has 1 atom stereocenters. The number of nitrogens with zero attached hydrogens (tertiary/aromatic N) is 2. The first kappa shape index (κ1) is 20.2. The molecular formula is C23H31N3O2. The summed E-state index contributed by atoms with van der Waals surface area (Å²) in [6, 6.07) is 16.0. The molecule has 1 aliphatic heterocycles. The lowest BCUT2D eigenvalue weighted by atomic mass is 9.98. The van der Waals surface area contributed by atoms with Crippen LogP contribution in [0.4, 0.5) is 11.4 Å². The summed E-state index contributed by atoms with van der Waals surface area (Å²) in [5.74, 6) is 1.05. The predicted molar refractivity (Wildman–Crippen MR) is 115 cm³/mol. The summed E-state index contributed by atoms with van der Waals surface area (Å²) in [5, 5.41) is 2.92. The van der Waals surface area contributed by atoms with Crippen LogP contribution in [0.1, 0.15) is 31.7 Å². The van der Waals surface area contributed by atoms with Crippen molar-refractivity contribution in [2.24, 2.45) is 0 Å². The molecule has 2 aromatic rings. The largest absolute Gasteiger partial charge is 0.483 e. The van der Waals surface area contributed by atoms with E-state index in [-0.39, 0.29) is 12.5 Å². The van der Waals surface area contributed by atoms with E-state index in [1.54, 1.807) is 0 Å². The first-order chi connectivity index (χ1) is 13.6. The van der Waals surface area contributed by atoms with E-state index < -0.39 is 0 Å². The molecule has 1 amide bonds. The highest BCUT2D eigenvalue weighted by Crippen LogP contribution is 2.28. The zero-order valence-electron chi connectivity index (χ0n) is 17.1. The Morgan fingerprint density at radius 2 is 1.75 bits per heavy atom. The van der Waals surface area contributed by atoms with E-state index in [0.29, 0.717) is 5.92 Å². The van der Waals surface area contributed by atoms with Crippen LogP contribution >= 0.6 is 0 Å². The second-order valence-electron chi connectivity index (χ2n) is 7.52. The topological polar surface area (TPSA) is 44.8 Å². The number of rotatable bonds is 7. The van der Waals surface area contributed by atoms with E-state index in [2.05, 4.69) is 54.2 Å². The number of likely N-dealkylation sites (N-methyl/N-ethyl adjacent to an activating group) is 1. The third-order valence-corrected chi connectivity index (χ3v) is 5.44. The molecule has 28 heavy (non-hydrogen) atoms. The van der Waals surface area contributed by atoms with Gasteiger partial charge in [-0.1, -0.05) is 32.0 Å². The van der Waals surface area contributed by atoms with Gasteiger partial charge in [-0.3, -0.25) is 4.79 Å². The summed E-state index contributed by atoms with van der Waals surface area (Å²) in [4.78, 5) is 17.0. The van der Waals surface area contributed by atoms with Crippen LogP contribution in [0.2, 0.25) is 0 Å². The standard InChI is InChI=1S/C23H31N3O2/c1-4-18(2)21-7-5-6-8-22(21)28-17-23(27)24-19-9-11-20(12-10-19)26-15-13-25(3)14-16-26/h5-12,18H,4,13-17H2,1-3H3,(H,24,27)/t18-/m0/s1. The molecule has 0 radical (unpaired) electrons. The molecule has 0 unspecified atom stereocenters. The molecular weight excluding hydrogens is 350 g/mol. The molecule has 1 fully saturated rings. The highest BCUT2D eigenvalue weighted by atomic mass is 16.5. The van der Waals surface area contributed by atoms with Gasteiger partial charge in [0.25, 0.3) is 5.91 Å². The maximum atomic E-state index is 12.3. The summed E-state index contributed by atoms with van der Waals surface area (Å²) < 4.78 is 5.80. The Morgan fingerprint density at radius 1 is 1.07 bits per heavy atom. The molecule has 3 rings (SSSR count). The van der Waals surface area contributed by atoms with E-state index in [4.69, 9.17) is 4.74 Å². The monoisotopic (exact) mass is 381 g/mol. The van der Waals surface area contributed by atoms with Crippen LogP contribution in [-0.4, -0.2) is 50.6 Å². The highest BCUT2D eigenvalue weighted by Gasteiger charge is 2.14. The van der Waals surface area contributed by atoms with Gasteiger partial charge in [0, 0.05) is 37.6 Å². The average molecular weight is 382 g/mol. The van der Waals surface area contributed by atoms with Gasteiger partial charge in [0.05, 0.1) is 0 Å². The summed E-state index contributed by atoms with van der Waals surface area (Å²) in [6.07, 6.45) is 1.03. The van der Waals surface area contributed by atoms with Gasteiger partial charge >= 0.3 is 0 Å². The summed E-state index contributed by atoms with van der Waals surface area (Å²) in [5.41, 5.74) is 3.14. The van der Waals surface area contributed by atoms with Crippen LogP contribution in [-0.2, 0) is 4.79 Å². The van der Waals surface area contributed by atoms with Crippen molar-refractivity contribution in [1.82, 2.24) is 4.90 Å². The van der Waals surface area contributed by atoms with Gasteiger partial charge in [-0.05, 0) is 55.3 Å². The number of piperazine rings is 1. The zero-order valence-corrected chi connectivity index (χ0v) is 17.1. The van der Waals surface area contributed by atoms with Crippen LogP contribution in [0.3, 0.4) is 0 Å². The van der Waals surface area contributed by atoms with Crippen molar-refractivity contribution in [3.05, 3.63) is 54.1 Å². The van der Waals surface area contributed by atoms with Gasteiger partial charge in [0.2, 0.25) is 0 Å². The number of anilines is 2. The number of benzene rings is 2. The first-order valence-corrected chi connectivity index (χ1v) is 10.1. The SMILES string of the molecule is CC[C@H](C)c1ccccc1OCC(=O)Nc1ccc(N2CCN(C)CC2)cc1. The lowest BCUT2D eigenvalue weighted by Crippen LogP contribution is -2.44. The number of carbonyl (C=O) groups excluding carboxylic acids is 1. The van der Waals surface area contributed by atoms with Gasteiger partial charge in [-0.25, -0.2) is 0 Å². The Kier molecular flexibility index (Phi) is 6.93. The van der Waals surface area contributed by atoms with Crippen LogP contribution in [0.25, 0.3) is 0 Å². The molecule has 1 aliphatic rings. The third kappa shape index (κ3) is 5.26. The molecule has 2 aromatic carbocycles. The van der Waals surface area contributed by atoms with Crippen molar-refractivity contribution in [3.63, 3.8) is 0 Å². The fraction of sp³-hybridized carbons (Fsp3) is 0.435. The molecule has 5 nitrogen and oxygen atoms in total. The van der Waals surface area contributed by atoms with E-state index in [1.165, 1.54) is 5.69 Å². The summed E-state index contributed by atoms with van der Waals surface area (Å²) >= 11 is 0. The molecule has 5 heteroatoms. The minimum atomic E-state index is -0.147. The number of amides is 1. The fourth-order valence-electron chi connectivity index (χ4n) is 3.40. The van der Waals surface area contributed by atoms with Crippen LogP contribution < -0.4 is 15.0 Å². The quantitative estimate of drug-likeness (QED) is 0.788. The zero-order chi connectivity index (χ0) is 19.9. The molecule has 0 saturated carbocycles. The maximum absolute atomic E-state index is 12.3. The molecule has 0 spiro atoms. The van der Waals surface area contributed by atoms with Crippen molar-refractivity contribution in [2.45, 2.75) is 26.2 Å². The number of ether oxygens (including phenoxy) is 1. The van der Waals surface area contributed by atoms with Crippen molar-refractivity contribution < 1.29 is 9.53 Å². The average Bonchev–Trinajstić information content (AvgIpc) is 2.73. The Hall–Kier alpha value is -2.53. The van der Waals surface area contributed by atoms with Crippen LogP contribution in [0.15, 0.2) is 48.5 Å². The number of para-hydroxylation sites is 1. The molecule has 1 heterocycles. The van der Waals surface area contributed by atoms with Gasteiger partial charge in [0.1, 0.15) is 5.75 Å². The second-order valence-corrected chi connectivity index (χ2v) is 7.52. The Labute approximate surface area is 168 Å². The van der Waals surface area contributed by atoms with Crippen LogP contribution in [0.5, 0.6) is 5.75 Å². The van der Waals surface area contributed by atoms with Crippen molar-refractivity contribution in [3.8, 4) is 5.75 Å². The Balaban J connectivity index is 1.53. The lowest BCUT2D eigenvalue weighted by molar-refractivity contribution is -0.118. The minimum absolute atomic E-state index is 0.00760. The predicted octanol–water partition coefficient (Wildman–Crippen LogP) is 3.97. The number of hydrogen-bond acceptors (Lipinski definition) is 4. The first-order valence-electron chi connectivity index (χ1n) is 10.1. The smallest absolute Gasteiger partial charge is 0.262 e. The number of hydrogen-bond donors (Lipinski definition) is 1. The third-order valence-electron chi connectivity index (χ3n) is 5.44. The highest BCUT2D eigenvalue weighted by molar-refractivity contribution is 5.92. The number of carbonyl (C=O) groups is 1. The number of nitrogens with one attached hydrogen (secondary N) is 1. The Morgan fingerprint density at radius 3 is 2.43 bits per heavy atom. The van der Waals surface area contributed by atoms with E-state index in [1.807, 2.05) is 30.3 Å². The fourth-order valence-corrected chi connectivity index (χ4v) is 3.40. The lowest BCUT2D eigenvalue weighted by Gasteiger charge is -2.34. The maximum Gasteiger partial charge on any atom is 0.262 e. The molecule has 1 N–H and O–H groups in total. The summed E-state index contributed by atoms with van der Waals surface area (Å²) in [7, 11) is 2.15. The molecule has 0 aliphatic carbocycles. The van der Waals surface area contributed by atoms with Gasteiger partial charge in [-0.15, -0.1) is 0 Å². The van der Waals surface area contributed by atoms with Gasteiger partial charge < -0.3 is 19.9 Å². The van der Waals surface area contributed by atoms with Crippen molar-refractivity contribution >= 4 is 17.3 Å². The minimum Gasteiger partial charge on any atom is -0.483 e. The molecule has 150 valence electrons. The van der Waals surface area contributed by atoms with E-state index >= 15 is 0 Å². The van der Waals surface area contributed by atoms with Crippen molar-refractivity contribution in [1.29, 1.82) is 0 Å². The summed E-state index contributed by atoms with van der Waals surface area (Å²) in [6.45, 7) is 8.55. The van der Waals surface area contributed by atoms with E-state index in [0.717, 1.165) is 49.6 Å². The van der Waals surface area contributed by atoms with E-state index in [9.17, 15) is 4.79 Å². The molecule has 1 saturated heterocycles. The normalized spacial score (nSPS) is 15.9. The Bertz CT molecular complexity index is 768. The molecule has 0 bridgehead atoms. The van der Waals surface area contributed by atoms with Gasteiger partial charge in [-0.2, -0.15) is 0 Å². The molecule has 0 aromatic heterocycles. The van der Waals surface area contributed by atoms with Crippen molar-refractivity contribution in [2.75, 3.05) is 50.1 Å².